The van der Waals surface area contributed by atoms with E-state index < -0.39 is 8.07 Å². The predicted molar refractivity (Wildman–Crippen MR) is 77.1 cm³/mol. The first-order valence-electron chi connectivity index (χ1n) is 6.56. The molecule has 0 atom stereocenters. The average Bonchev–Trinajstić information content (AvgIpc) is 2.25. The molecule has 0 bridgehead atoms. The largest absolute Gasteiger partial charge is 0.0695 e. The summed E-state index contributed by atoms with van der Waals surface area (Å²) in [6.07, 6.45) is 3.60. The maximum atomic E-state index is 2.46. The van der Waals surface area contributed by atoms with Gasteiger partial charge in [-0.1, -0.05) is 57.7 Å². The zero-order valence-electron chi connectivity index (χ0n) is 11.6. The lowest BCUT2D eigenvalue weighted by molar-refractivity contribution is 1.03. The van der Waals surface area contributed by atoms with E-state index in [1.807, 2.05) is 0 Å². The van der Waals surface area contributed by atoms with E-state index >= 15 is 0 Å². The maximum absolute atomic E-state index is 2.46. The summed E-state index contributed by atoms with van der Waals surface area (Å²) in [4.78, 5) is 0. The molecule has 0 saturated heterocycles. The van der Waals surface area contributed by atoms with Crippen LogP contribution in [0.4, 0.5) is 0 Å². The number of hydrogen-bond donors (Lipinski definition) is 0. The molecule has 16 heavy (non-hydrogen) atoms. The van der Waals surface area contributed by atoms with E-state index in [0.717, 1.165) is 12.8 Å². The van der Waals surface area contributed by atoms with E-state index in [9.17, 15) is 0 Å². The third-order valence-electron chi connectivity index (χ3n) is 3.09. The highest BCUT2D eigenvalue weighted by Gasteiger charge is 2.12. The summed E-state index contributed by atoms with van der Waals surface area (Å²) >= 11 is 0. The second-order valence-electron chi connectivity index (χ2n) is 5.93. The maximum Gasteiger partial charge on any atom is 0.0445 e. The Hall–Kier alpha value is -0.563. The molecule has 0 nitrogen and oxygen atoms in total. The first kappa shape index (κ1) is 13.5. The first-order valence-corrected chi connectivity index (χ1v) is 10.3. The molecule has 0 amide bonds. The second kappa shape index (κ2) is 5.67. The topological polar surface area (TPSA) is 0 Å². The fraction of sp³-hybridized carbons (Fsp3) is 0.600. The van der Waals surface area contributed by atoms with Gasteiger partial charge in [0.05, 0.1) is 0 Å². The van der Waals surface area contributed by atoms with E-state index in [2.05, 4.69) is 51.7 Å². The van der Waals surface area contributed by atoms with E-state index in [1.165, 1.54) is 23.6 Å². The fourth-order valence-electron chi connectivity index (χ4n) is 1.91. The molecule has 1 aromatic carbocycles. The van der Waals surface area contributed by atoms with Gasteiger partial charge >= 0.3 is 0 Å². The molecule has 0 radical (unpaired) electrons. The van der Waals surface area contributed by atoms with Crippen LogP contribution in [0, 0.1) is 0 Å². The Labute approximate surface area is 102 Å². The van der Waals surface area contributed by atoms with Crippen LogP contribution in [-0.2, 0) is 19.3 Å². The lowest BCUT2D eigenvalue weighted by atomic mass is 10.0. The van der Waals surface area contributed by atoms with Gasteiger partial charge in [0.25, 0.3) is 0 Å². The molecule has 0 aliphatic heterocycles. The number of benzene rings is 1. The summed E-state index contributed by atoms with van der Waals surface area (Å²) in [5, 5.41) is 0. The Morgan fingerprint density at radius 1 is 0.812 bits per heavy atom. The summed E-state index contributed by atoms with van der Waals surface area (Å²) in [6.45, 7) is 11.9. The van der Waals surface area contributed by atoms with Crippen LogP contribution in [-0.4, -0.2) is 8.07 Å². The fourth-order valence-corrected chi connectivity index (χ4v) is 2.95. The molecule has 0 saturated carbocycles. The Morgan fingerprint density at radius 2 is 1.25 bits per heavy atom. The van der Waals surface area contributed by atoms with Crippen molar-refractivity contribution in [3.63, 3.8) is 0 Å². The van der Waals surface area contributed by atoms with E-state index in [4.69, 9.17) is 0 Å². The Balaban J connectivity index is 2.79. The van der Waals surface area contributed by atoms with E-state index in [0.29, 0.717) is 0 Å². The van der Waals surface area contributed by atoms with Gasteiger partial charge in [-0.15, -0.1) is 0 Å². The van der Waals surface area contributed by atoms with Crippen LogP contribution >= 0.6 is 0 Å². The van der Waals surface area contributed by atoms with Crippen LogP contribution in [0.1, 0.15) is 30.5 Å². The Morgan fingerprint density at radius 3 is 1.62 bits per heavy atom. The molecular formula is C15H26Si. The molecule has 0 aliphatic rings. The molecule has 0 N–H and O–H groups in total. The van der Waals surface area contributed by atoms with Crippen LogP contribution in [0.3, 0.4) is 0 Å². The van der Waals surface area contributed by atoms with Crippen molar-refractivity contribution in [2.45, 2.75) is 58.8 Å². The van der Waals surface area contributed by atoms with Crippen molar-refractivity contribution in [2.75, 3.05) is 0 Å². The standard InChI is InChI=1S/C15H26Si/c1-6-13-10-14(7-2)12-15(11-13)8-9-16(3,4)5/h10-12H,6-9H2,1-5H3. The summed E-state index contributed by atoms with van der Waals surface area (Å²) in [5.74, 6) is 0. The smallest absolute Gasteiger partial charge is 0.0445 e. The van der Waals surface area contributed by atoms with E-state index in [1.54, 1.807) is 5.56 Å². The zero-order valence-corrected chi connectivity index (χ0v) is 12.6. The molecule has 1 rings (SSSR count). The van der Waals surface area contributed by atoms with Crippen molar-refractivity contribution < 1.29 is 0 Å². The highest BCUT2D eigenvalue weighted by atomic mass is 28.3. The molecule has 0 fully saturated rings. The quantitative estimate of drug-likeness (QED) is 0.648. The lowest BCUT2D eigenvalue weighted by Gasteiger charge is -2.16. The molecule has 0 aliphatic carbocycles. The van der Waals surface area contributed by atoms with Crippen molar-refractivity contribution in [3.05, 3.63) is 34.9 Å². The highest BCUT2D eigenvalue weighted by Crippen LogP contribution is 2.17. The predicted octanol–water partition coefficient (Wildman–Crippen LogP) is 4.69. The van der Waals surface area contributed by atoms with E-state index in [-0.39, 0.29) is 0 Å². The summed E-state index contributed by atoms with van der Waals surface area (Å²) < 4.78 is 0. The lowest BCUT2D eigenvalue weighted by Crippen LogP contribution is -2.19. The van der Waals surface area contributed by atoms with Crippen molar-refractivity contribution >= 4 is 8.07 Å². The van der Waals surface area contributed by atoms with Gasteiger partial charge in [-0.3, -0.25) is 0 Å². The number of hydrogen-bond acceptors (Lipinski definition) is 0. The van der Waals surface area contributed by atoms with Gasteiger partial charge < -0.3 is 0 Å². The molecule has 90 valence electrons. The monoisotopic (exact) mass is 234 g/mol. The zero-order chi connectivity index (χ0) is 12.2. The number of rotatable bonds is 5. The van der Waals surface area contributed by atoms with Gasteiger partial charge in [0.15, 0.2) is 0 Å². The van der Waals surface area contributed by atoms with Gasteiger partial charge in [0.1, 0.15) is 0 Å². The molecule has 1 aromatic rings. The van der Waals surface area contributed by atoms with Gasteiger partial charge in [-0.2, -0.15) is 0 Å². The Bertz CT molecular complexity index is 312. The van der Waals surface area contributed by atoms with Crippen LogP contribution in [0.25, 0.3) is 0 Å². The van der Waals surface area contributed by atoms with Crippen molar-refractivity contribution in [3.8, 4) is 0 Å². The van der Waals surface area contributed by atoms with Gasteiger partial charge in [-0.25, -0.2) is 0 Å². The minimum absolute atomic E-state index is 0.895. The highest BCUT2D eigenvalue weighted by molar-refractivity contribution is 6.76. The second-order valence-corrected chi connectivity index (χ2v) is 11.5. The summed E-state index contributed by atoms with van der Waals surface area (Å²) in [6, 6.07) is 8.57. The number of aryl methyl sites for hydroxylation is 3. The van der Waals surface area contributed by atoms with Gasteiger partial charge in [-0.05, 0) is 36.0 Å². The van der Waals surface area contributed by atoms with Crippen LogP contribution < -0.4 is 0 Å². The normalized spacial score (nSPS) is 11.8. The van der Waals surface area contributed by atoms with Crippen LogP contribution in [0.15, 0.2) is 18.2 Å². The SMILES string of the molecule is CCc1cc(CC)cc(CC[Si](C)(C)C)c1. The molecule has 0 aromatic heterocycles. The van der Waals surface area contributed by atoms with Crippen molar-refractivity contribution in [2.24, 2.45) is 0 Å². The molecule has 0 unspecified atom stereocenters. The third kappa shape index (κ3) is 4.52. The molecule has 1 heteroatoms. The summed E-state index contributed by atoms with van der Waals surface area (Å²) in [7, 11) is -0.895. The van der Waals surface area contributed by atoms with Gasteiger partial charge in [0, 0.05) is 8.07 Å². The van der Waals surface area contributed by atoms with Crippen molar-refractivity contribution in [1.82, 2.24) is 0 Å². The average molecular weight is 234 g/mol. The third-order valence-corrected chi connectivity index (χ3v) is 4.84. The van der Waals surface area contributed by atoms with Crippen LogP contribution in [0.2, 0.25) is 25.7 Å². The van der Waals surface area contributed by atoms with Crippen molar-refractivity contribution in [1.29, 1.82) is 0 Å². The first-order chi connectivity index (χ1) is 7.44. The van der Waals surface area contributed by atoms with Gasteiger partial charge in [0.2, 0.25) is 0 Å². The molecular weight excluding hydrogens is 208 g/mol. The summed E-state index contributed by atoms with van der Waals surface area (Å²) in [5.41, 5.74) is 4.56. The molecule has 0 heterocycles. The Kier molecular flexibility index (Phi) is 4.79. The van der Waals surface area contributed by atoms with Crippen LogP contribution in [0.5, 0.6) is 0 Å². The minimum atomic E-state index is -0.895. The molecule has 0 spiro atoms. The minimum Gasteiger partial charge on any atom is -0.0695 e.